The van der Waals surface area contributed by atoms with Crippen LogP contribution in [0.5, 0.6) is 0 Å². The third-order valence-electron chi connectivity index (χ3n) is 5.99. The van der Waals surface area contributed by atoms with E-state index in [4.69, 9.17) is 0 Å². The lowest BCUT2D eigenvalue weighted by atomic mass is 10.1. The number of nitrogens with one attached hydrogen (secondary N) is 1. The quantitative estimate of drug-likeness (QED) is 0.514. The summed E-state index contributed by atoms with van der Waals surface area (Å²) in [6, 6.07) is 19.2. The number of hydrogen-bond acceptors (Lipinski definition) is 6. The zero-order chi connectivity index (χ0) is 24.8. The minimum Gasteiger partial charge on any atom is -0.326 e. The third-order valence-corrected chi connectivity index (χ3v) is 7.91. The molecule has 0 bridgehead atoms. The second-order valence-corrected chi connectivity index (χ2v) is 10.3. The predicted octanol–water partition coefficient (Wildman–Crippen LogP) is 2.27. The second kappa shape index (κ2) is 10.9. The summed E-state index contributed by atoms with van der Waals surface area (Å²) in [5.74, 6) is -0.124. The number of carbonyl (C=O) groups is 1. The number of benzene rings is 2. The summed E-state index contributed by atoms with van der Waals surface area (Å²) in [6.07, 6.45) is 0.355. The van der Waals surface area contributed by atoms with Crippen molar-refractivity contribution in [2.75, 3.05) is 38.0 Å². The van der Waals surface area contributed by atoms with Crippen molar-refractivity contribution in [3.8, 4) is 11.3 Å². The molecular weight excluding hydrogens is 466 g/mol. The molecule has 2 aromatic carbocycles. The molecule has 1 fully saturated rings. The van der Waals surface area contributed by atoms with Crippen LogP contribution in [-0.4, -0.2) is 66.0 Å². The van der Waals surface area contributed by atoms with E-state index in [1.807, 2.05) is 30.3 Å². The van der Waals surface area contributed by atoms with E-state index in [1.165, 1.54) is 27.2 Å². The SMILES string of the molecule is CCC(=O)Nc1ccc(S(=O)(=O)N2CCN(CCn3nc(-c4ccccc4)ccc3=O)CC2)cc1. The largest absolute Gasteiger partial charge is 0.326 e. The van der Waals surface area contributed by atoms with Gasteiger partial charge in [0.2, 0.25) is 15.9 Å². The topological polar surface area (TPSA) is 105 Å². The molecule has 1 amide bonds. The highest BCUT2D eigenvalue weighted by Crippen LogP contribution is 2.20. The molecule has 2 heterocycles. The number of hydrogen-bond donors (Lipinski definition) is 1. The van der Waals surface area contributed by atoms with Crippen LogP contribution >= 0.6 is 0 Å². The number of amides is 1. The maximum atomic E-state index is 13.0. The molecule has 10 heteroatoms. The number of anilines is 1. The van der Waals surface area contributed by atoms with Crippen LogP contribution in [0.15, 0.2) is 76.4 Å². The fraction of sp³-hybridized carbons (Fsp3) is 0.320. The molecule has 1 aliphatic rings. The van der Waals surface area contributed by atoms with Crippen molar-refractivity contribution in [1.82, 2.24) is 19.0 Å². The Bertz CT molecular complexity index is 1320. The second-order valence-electron chi connectivity index (χ2n) is 8.32. The first kappa shape index (κ1) is 24.8. The molecular formula is C25H29N5O4S. The van der Waals surface area contributed by atoms with Gasteiger partial charge in [0.25, 0.3) is 5.56 Å². The number of nitrogens with zero attached hydrogens (tertiary/aromatic N) is 4. The Morgan fingerprint density at radius 2 is 1.60 bits per heavy atom. The van der Waals surface area contributed by atoms with Gasteiger partial charge in [-0.25, -0.2) is 13.1 Å². The van der Waals surface area contributed by atoms with Crippen LogP contribution < -0.4 is 10.9 Å². The Kier molecular flexibility index (Phi) is 7.74. The van der Waals surface area contributed by atoms with E-state index >= 15 is 0 Å². The van der Waals surface area contributed by atoms with Gasteiger partial charge in [0.15, 0.2) is 0 Å². The fourth-order valence-corrected chi connectivity index (χ4v) is 5.33. The van der Waals surface area contributed by atoms with Crippen molar-refractivity contribution in [1.29, 1.82) is 0 Å². The monoisotopic (exact) mass is 495 g/mol. The fourth-order valence-electron chi connectivity index (χ4n) is 3.91. The normalized spacial score (nSPS) is 15.1. The Hall–Kier alpha value is -3.34. The Labute approximate surface area is 205 Å². The molecule has 0 unspecified atom stereocenters. The zero-order valence-electron chi connectivity index (χ0n) is 19.6. The molecule has 0 spiro atoms. The summed E-state index contributed by atoms with van der Waals surface area (Å²) < 4.78 is 29.0. The van der Waals surface area contributed by atoms with Crippen LogP contribution in [0.4, 0.5) is 5.69 Å². The van der Waals surface area contributed by atoms with Gasteiger partial charge in [-0.05, 0) is 30.3 Å². The van der Waals surface area contributed by atoms with E-state index in [9.17, 15) is 18.0 Å². The van der Waals surface area contributed by atoms with Crippen molar-refractivity contribution in [3.05, 3.63) is 77.1 Å². The van der Waals surface area contributed by atoms with Crippen molar-refractivity contribution in [3.63, 3.8) is 0 Å². The van der Waals surface area contributed by atoms with Crippen LogP contribution in [0.2, 0.25) is 0 Å². The molecule has 1 aliphatic heterocycles. The molecule has 0 saturated carbocycles. The molecule has 1 aromatic heterocycles. The standard InChI is InChI=1S/C25H29N5O4S/c1-2-24(31)26-21-8-10-22(11-9-21)35(33,34)29-17-14-28(15-18-29)16-19-30-25(32)13-12-23(27-30)20-6-4-3-5-7-20/h3-13H,2,14-19H2,1H3,(H,26,31). The van der Waals surface area contributed by atoms with Gasteiger partial charge in [-0.3, -0.25) is 14.5 Å². The smallest absolute Gasteiger partial charge is 0.266 e. The van der Waals surface area contributed by atoms with Gasteiger partial charge in [0.05, 0.1) is 17.1 Å². The van der Waals surface area contributed by atoms with Crippen molar-refractivity contribution in [2.24, 2.45) is 0 Å². The lowest BCUT2D eigenvalue weighted by Crippen LogP contribution is -2.49. The number of piperazine rings is 1. The summed E-state index contributed by atoms with van der Waals surface area (Å²) in [5, 5.41) is 7.21. The van der Waals surface area contributed by atoms with E-state index in [0.717, 1.165) is 11.3 Å². The Morgan fingerprint density at radius 1 is 0.914 bits per heavy atom. The highest BCUT2D eigenvalue weighted by molar-refractivity contribution is 7.89. The summed E-state index contributed by atoms with van der Waals surface area (Å²) >= 11 is 0. The van der Waals surface area contributed by atoms with E-state index in [0.29, 0.717) is 51.4 Å². The highest BCUT2D eigenvalue weighted by atomic mass is 32.2. The van der Waals surface area contributed by atoms with Gasteiger partial charge in [-0.15, -0.1) is 0 Å². The Balaban J connectivity index is 1.34. The molecule has 0 radical (unpaired) electrons. The molecule has 0 atom stereocenters. The average Bonchev–Trinajstić information content (AvgIpc) is 2.89. The highest BCUT2D eigenvalue weighted by Gasteiger charge is 2.28. The van der Waals surface area contributed by atoms with Crippen LogP contribution in [0.1, 0.15) is 13.3 Å². The molecule has 4 rings (SSSR count). The first-order valence-electron chi connectivity index (χ1n) is 11.6. The lowest BCUT2D eigenvalue weighted by molar-refractivity contribution is -0.115. The number of aromatic nitrogens is 2. The number of sulfonamides is 1. The number of rotatable bonds is 8. The van der Waals surface area contributed by atoms with Crippen molar-refractivity contribution < 1.29 is 13.2 Å². The maximum Gasteiger partial charge on any atom is 0.266 e. The van der Waals surface area contributed by atoms with Gasteiger partial charge in [0, 0.05) is 56.5 Å². The maximum absolute atomic E-state index is 13.0. The van der Waals surface area contributed by atoms with Crippen LogP contribution in [0.25, 0.3) is 11.3 Å². The molecule has 9 nitrogen and oxygen atoms in total. The van der Waals surface area contributed by atoms with Gasteiger partial charge < -0.3 is 5.32 Å². The minimum absolute atomic E-state index is 0.124. The summed E-state index contributed by atoms with van der Waals surface area (Å²) in [5.41, 5.74) is 2.09. The van der Waals surface area contributed by atoms with E-state index in [2.05, 4.69) is 15.3 Å². The van der Waals surface area contributed by atoms with E-state index in [1.54, 1.807) is 25.1 Å². The first-order chi connectivity index (χ1) is 16.9. The molecule has 35 heavy (non-hydrogen) atoms. The average molecular weight is 496 g/mol. The van der Waals surface area contributed by atoms with E-state index in [-0.39, 0.29) is 16.4 Å². The summed E-state index contributed by atoms with van der Waals surface area (Å²) in [7, 11) is -3.62. The lowest BCUT2D eigenvalue weighted by Gasteiger charge is -2.34. The van der Waals surface area contributed by atoms with Crippen LogP contribution in [-0.2, 0) is 21.4 Å². The molecule has 184 valence electrons. The van der Waals surface area contributed by atoms with Gasteiger partial charge >= 0.3 is 0 Å². The van der Waals surface area contributed by atoms with E-state index < -0.39 is 10.0 Å². The summed E-state index contributed by atoms with van der Waals surface area (Å²) in [4.78, 5) is 26.1. The molecule has 0 aliphatic carbocycles. The van der Waals surface area contributed by atoms with Crippen LogP contribution in [0, 0.1) is 0 Å². The van der Waals surface area contributed by atoms with Gasteiger partial charge in [-0.1, -0.05) is 37.3 Å². The van der Waals surface area contributed by atoms with Gasteiger partial charge in [-0.2, -0.15) is 9.40 Å². The molecule has 1 N–H and O–H groups in total. The van der Waals surface area contributed by atoms with Gasteiger partial charge in [0.1, 0.15) is 0 Å². The Morgan fingerprint density at radius 3 is 2.26 bits per heavy atom. The predicted molar refractivity (Wildman–Crippen MR) is 134 cm³/mol. The molecule has 1 saturated heterocycles. The van der Waals surface area contributed by atoms with Crippen LogP contribution in [0.3, 0.4) is 0 Å². The van der Waals surface area contributed by atoms with Crippen molar-refractivity contribution >= 4 is 21.6 Å². The summed E-state index contributed by atoms with van der Waals surface area (Å²) in [6.45, 7) is 4.65. The third kappa shape index (κ3) is 6.02. The van der Waals surface area contributed by atoms with Crippen molar-refractivity contribution in [2.45, 2.75) is 24.8 Å². The molecule has 3 aromatic rings. The number of carbonyl (C=O) groups excluding carboxylic acids is 1. The minimum atomic E-state index is -3.62. The first-order valence-corrected chi connectivity index (χ1v) is 13.1. The zero-order valence-corrected chi connectivity index (χ0v) is 20.4.